The van der Waals surface area contributed by atoms with Crippen LogP contribution in [0.15, 0.2) is 0 Å². The highest BCUT2D eigenvalue weighted by molar-refractivity contribution is 4.86. The molecule has 0 bridgehead atoms. The maximum atomic E-state index is 6.15. The molecule has 0 aromatic rings. The van der Waals surface area contributed by atoms with E-state index in [4.69, 9.17) is 5.73 Å². The minimum absolute atomic E-state index is 0.0156. The first kappa shape index (κ1) is 11.0. The Morgan fingerprint density at radius 3 is 1.55 bits per heavy atom. The van der Waals surface area contributed by atoms with Crippen molar-refractivity contribution in [1.82, 2.24) is 0 Å². The molecule has 0 aliphatic carbocycles. The van der Waals surface area contributed by atoms with Gasteiger partial charge in [-0.15, -0.1) is 0 Å². The predicted octanol–water partition coefficient (Wildman–Crippen LogP) is 2.80. The third-order valence-electron chi connectivity index (χ3n) is 2.23. The summed E-state index contributed by atoms with van der Waals surface area (Å²) in [5.74, 6) is 0.557. The average molecular weight is 157 g/mol. The lowest BCUT2D eigenvalue weighted by molar-refractivity contribution is 0.217. The van der Waals surface area contributed by atoms with Gasteiger partial charge in [0.15, 0.2) is 0 Å². The van der Waals surface area contributed by atoms with Crippen LogP contribution in [0.25, 0.3) is 0 Å². The van der Waals surface area contributed by atoms with Crippen molar-refractivity contribution >= 4 is 0 Å². The molecule has 0 aliphatic heterocycles. The van der Waals surface area contributed by atoms with E-state index in [1.165, 1.54) is 0 Å². The maximum Gasteiger partial charge on any atom is 0.0154 e. The third-order valence-corrected chi connectivity index (χ3v) is 2.23. The molecule has 0 fully saturated rings. The van der Waals surface area contributed by atoms with Crippen molar-refractivity contribution in [3.05, 3.63) is 0 Å². The van der Waals surface area contributed by atoms with Crippen LogP contribution in [-0.4, -0.2) is 5.54 Å². The predicted molar refractivity (Wildman–Crippen MR) is 51.5 cm³/mol. The maximum absolute atomic E-state index is 6.15. The fourth-order valence-electron chi connectivity index (χ4n) is 1.35. The average Bonchev–Trinajstić information content (AvgIpc) is 1.56. The molecule has 0 saturated carbocycles. The van der Waals surface area contributed by atoms with Crippen molar-refractivity contribution < 1.29 is 0 Å². The summed E-state index contributed by atoms with van der Waals surface area (Å²) >= 11 is 0. The van der Waals surface area contributed by atoms with E-state index in [1.54, 1.807) is 0 Å². The molecule has 68 valence electrons. The fourth-order valence-corrected chi connectivity index (χ4v) is 1.35. The minimum Gasteiger partial charge on any atom is -0.325 e. The van der Waals surface area contributed by atoms with Crippen LogP contribution in [0.4, 0.5) is 0 Å². The molecule has 1 heteroatoms. The Labute approximate surface area is 71.4 Å². The van der Waals surface area contributed by atoms with Gasteiger partial charge in [0.2, 0.25) is 0 Å². The Morgan fingerprint density at radius 1 is 1.09 bits per heavy atom. The van der Waals surface area contributed by atoms with Gasteiger partial charge in [-0.05, 0) is 24.7 Å². The second-order valence-electron chi connectivity index (χ2n) is 5.40. The molecule has 0 amide bonds. The molecule has 1 unspecified atom stereocenters. The normalized spacial score (nSPS) is 18.5. The topological polar surface area (TPSA) is 26.0 Å². The molecule has 0 aromatic carbocycles. The van der Waals surface area contributed by atoms with Crippen LogP contribution in [-0.2, 0) is 0 Å². The zero-order chi connectivity index (χ0) is 9.28. The van der Waals surface area contributed by atoms with Crippen molar-refractivity contribution in [3.63, 3.8) is 0 Å². The summed E-state index contributed by atoms with van der Waals surface area (Å²) in [6.45, 7) is 13.2. The monoisotopic (exact) mass is 157 g/mol. The summed E-state index contributed by atoms with van der Waals surface area (Å²) in [6, 6.07) is 0. The third kappa shape index (κ3) is 4.41. The van der Waals surface area contributed by atoms with E-state index >= 15 is 0 Å². The van der Waals surface area contributed by atoms with Crippen molar-refractivity contribution in [2.24, 2.45) is 17.1 Å². The molecular weight excluding hydrogens is 134 g/mol. The van der Waals surface area contributed by atoms with Crippen molar-refractivity contribution in [2.45, 2.75) is 53.5 Å². The Balaban J connectivity index is 4.13. The lowest BCUT2D eigenvalue weighted by Gasteiger charge is -2.35. The zero-order valence-electron chi connectivity index (χ0n) is 8.86. The van der Waals surface area contributed by atoms with E-state index in [0.29, 0.717) is 11.3 Å². The first-order valence-corrected chi connectivity index (χ1v) is 4.44. The molecule has 1 nitrogen and oxygen atoms in total. The molecule has 0 heterocycles. The number of nitrogens with two attached hydrogens (primary N) is 1. The largest absolute Gasteiger partial charge is 0.325 e. The lowest BCUT2D eigenvalue weighted by atomic mass is 9.76. The van der Waals surface area contributed by atoms with Crippen molar-refractivity contribution in [2.75, 3.05) is 0 Å². The van der Waals surface area contributed by atoms with Gasteiger partial charge in [-0.3, -0.25) is 0 Å². The molecule has 0 spiro atoms. The van der Waals surface area contributed by atoms with Crippen LogP contribution in [0.2, 0.25) is 0 Å². The van der Waals surface area contributed by atoms with Gasteiger partial charge in [-0.25, -0.2) is 0 Å². The molecule has 0 aliphatic rings. The smallest absolute Gasteiger partial charge is 0.0154 e. The number of rotatable bonds is 2. The number of hydrogen-bond acceptors (Lipinski definition) is 1. The summed E-state index contributed by atoms with van der Waals surface area (Å²) in [6.07, 6.45) is 1.08. The Hall–Kier alpha value is -0.0400. The molecule has 0 aromatic heterocycles. The highest BCUT2D eigenvalue weighted by Crippen LogP contribution is 2.29. The van der Waals surface area contributed by atoms with Gasteiger partial charge < -0.3 is 5.73 Å². The molecular formula is C10H23N. The highest BCUT2D eigenvalue weighted by Gasteiger charge is 2.28. The van der Waals surface area contributed by atoms with E-state index in [-0.39, 0.29) is 5.54 Å². The van der Waals surface area contributed by atoms with Gasteiger partial charge in [-0.2, -0.15) is 0 Å². The van der Waals surface area contributed by atoms with Gasteiger partial charge in [0.05, 0.1) is 0 Å². The second kappa shape index (κ2) is 3.14. The van der Waals surface area contributed by atoms with Crippen molar-refractivity contribution in [1.29, 1.82) is 0 Å². The van der Waals surface area contributed by atoms with Crippen LogP contribution in [0.5, 0.6) is 0 Å². The first-order chi connectivity index (χ1) is 4.65. The highest BCUT2D eigenvalue weighted by atomic mass is 14.7. The Bertz CT molecular complexity index is 117. The van der Waals surface area contributed by atoms with Crippen LogP contribution in [0.1, 0.15) is 48.0 Å². The van der Waals surface area contributed by atoms with Gasteiger partial charge in [0, 0.05) is 5.54 Å². The van der Waals surface area contributed by atoms with Gasteiger partial charge >= 0.3 is 0 Å². The quantitative estimate of drug-likeness (QED) is 0.655. The van der Waals surface area contributed by atoms with Gasteiger partial charge in [-0.1, -0.05) is 34.6 Å². The van der Waals surface area contributed by atoms with Gasteiger partial charge in [0.25, 0.3) is 0 Å². The summed E-state index contributed by atoms with van der Waals surface area (Å²) in [4.78, 5) is 0. The summed E-state index contributed by atoms with van der Waals surface area (Å²) < 4.78 is 0. The lowest BCUT2D eigenvalue weighted by Crippen LogP contribution is -2.44. The van der Waals surface area contributed by atoms with E-state index in [9.17, 15) is 0 Å². The summed E-state index contributed by atoms with van der Waals surface area (Å²) in [5, 5.41) is 0. The van der Waals surface area contributed by atoms with Gasteiger partial charge in [0.1, 0.15) is 0 Å². The standard InChI is InChI=1S/C10H23N/c1-8(2)10(6,11)7-9(3,4)5/h8H,7,11H2,1-6H3. The molecule has 1 atom stereocenters. The van der Waals surface area contributed by atoms with E-state index < -0.39 is 0 Å². The van der Waals surface area contributed by atoms with Crippen LogP contribution in [0.3, 0.4) is 0 Å². The van der Waals surface area contributed by atoms with E-state index in [0.717, 1.165) is 6.42 Å². The van der Waals surface area contributed by atoms with Crippen LogP contribution in [0, 0.1) is 11.3 Å². The summed E-state index contributed by atoms with van der Waals surface area (Å²) in [5.41, 5.74) is 6.47. The second-order valence-corrected chi connectivity index (χ2v) is 5.40. The SMILES string of the molecule is CC(C)C(C)(N)CC(C)(C)C. The number of hydrogen-bond donors (Lipinski definition) is 1. The summed E-state index contributed by atoms with van der Waals surface area (Å²) in [7, 11) is 0. The zero-order valence-corrected chi connectivity index (χ0v) is 8.86. The molecule has 11 heavy (non-hydrogen) atoms. The molecule has 0 rings (SSSR count). The van der Waals surface area contributed by atoms with E-state index in [1.807, 2.05) is 0 Å². The van der Waals surface area contributed by atoms with Crippen LogP contribution >= 0.6 is 0 Å². The Kier molecular flexibility index (Phi) is 3.13. The van der Waals surface area contributed by atoms with Crippen LogP contribution < -0.4 is 5.73 Å². The first-order valence-electron chi connectivity index (χ1n) is 4.44. The fraction of sp³-hybridized carbons (Fsp3) is 1.00. The molecule has 2 N–H and O–H groups in total. The molecule has 0 radical (unpaired) electrons. The molecule has 0 saturated heterocycles. The van der Waals surface area contributed by atoms with Crippen molar-refractivity contribution in [3.8, 4) is 0 Å². The van der Waals surface area contributed by atoms with E-state index in [2.05, 4.69) is 41.5 Å². The Morgan fingerprint density at radius 2 is 1.45 bits per heavy atom. The minimum atomic E-state index is -0.0156.